The van der Waals surface area contributed by atoms with Gasteiger partial charge < -0.3 is 5.32 Å². The van der Waals surface area contributed by atoms with Crippen LogP contribution in [0.5, 0.6) is 0 Å². The molecule has 0 aromatic heterocycles. The molecule has 3 unspecified atom stereocenters. The Kier molecular flexibility index (Phi) is 5.44. The number of amides is 1. The van der Waals surface area contributed by atoms with Crippen molar-refractivity contribution in [1.82, 2.24) is 5.32 Å². The zero-order valence-corrected chi connectivity index (χ0v) is 10.5. The highest BCUT2D eigenvalue weighted by Crippen LogP contribution is 2.23. The molecule has 1 aliphatic carbocycles. The average molecular weight is 232 g/mol. The molecule has 0 saturated heterocycles. The number of carbonyl (C=O) groups excluding carboxylic acids is 1. The third kappa shape index (κ3) is 4.02. The lowest BCUT2D eigenvalue weighted by atomic mass is 9.96. The van der Waals surface area contributed by atoms with Crippen molar-refractivity contribution in [2.45, 2.75) is 52.0 Å². The molecule has 3 atom stereocenters. The van der Waals surface area contributed by atoms with Crippen LogP contribution in [0.25, 0.3) is 0 Å². The van der Waals surface area contributed by atoms with E-state index in [9.17, 15) is 4.79 Å². The van der Waals surface area contributed by atoms with E-state index in [4.69, 9.17) is 11.6 Å². The lowest BCUT2D eigenvalue weighted by Gasteiger charge is -2.24. The van der Waals surface area contributed by atoms with Crippen LogP contribution in [0.4, 0.5) is 0 Å². The molecule has 0 aromatic rings. The summed E-state index contributed by atoms with van der Waals surface area (Å²) in [7, 11) is 0. The standard InChI is InChI=1S/C12H22ClNO/c1-9-6-4-3-5-7-11(9)14-12(15)10(2)8-13/h9-11H,3-8H2,1-2H3,(H,14,15). The number of rotatable bonds is 3. The van der Waals surface area contributed by atoms with E-state index >= 15 is 0 Å². The van der Waals surface area contributed by atoms with Gasteiger partial charge in [-0.3, -0.25) is 4.79 Å². The van der Waals surface area contributed by atoms with Gasteiger partial charge in [0.25, 0.3) is 0 Å². The Morgan fingerprint density at radius 2 is 2.07 bits per heavy atom. The summed E-state index contributed by atoms with van der Waals surface area (Å²) in [5.41, 5.74) is 0. The van der Waals surface area contributed by atoms with Gasteiger partial charge in [-0.25, -0.2) is 0 Å². The summed E-state index contributed by atoms with van der Waals surface area (Å²) in [6.07, 6.45) is 6.22. The first kappa shape index (κ1) is 12.8. The summed E-state index contributed by atoms with van der Waals surface area (Å²) in [5, 5.41) is 3.14. The molecule has 0 heterocycles. The Morgan fingerprint density at radius 1 is 1.40 bits per heavy atom. The SMILES string of the molecule is CC(CCl)C(=O)NC1CCCCCC1C. The Labute approximate surface area is 97.8 Å². The molecule has 1 saturated carbocycles. The molecular weight excluding hydrogens is 210 g/mol. The molecule has 1 amide bonds. The van der Waals surface area contributed by atoms with Crippen molar-refractivity contribution >= 4 is 17.5 Å². The number of alkyl halides is 1. The second-order valence-corrected chi connectivity index (χ2v) is 5.09. The normalized spacial score (nSPS) is 29.3. The molecular formula is C12H22ClNO. The lowest BCUT2D eigenvalue weighted by molar-refractivity contribution is -0.125. The summed E-state index contributed by atoms with van der Waals surface area (Å²) in [6, 6.07) is 0.366. The quantitative estimate of drug-likeness (QED) is 0.587. The van der Waals surface area contributed by atoms with E-state index in [1.807, 2.05) is 6.92 Å². The minimum absolute atomic E-state index is 0.0675. The molecule has 1 fully saturated rings. The van der Waals surface area contributed by atoms with Gasteiger partial charge in [0.05, 0.1) is 0 Å². The largest absolute Gasteiger partial charge is 0.353 e. The zero-order chi connectivity index (χ0) is 11.3. The van der Waals surface area contributed by atoms with Crippen molar-refractivity contribution < 1.29 is 4.79 Å². The smallest absolute Gasteiger partial charge is 0.224 e. The highest BCUT2D eigenvalue weighted by atomic mass is 35.5. The van der Waals surface area contributed by atoms with E-state index in [1.54, 1.807) is 0 Å². The fourth-order valence-corrected chi connectivity index (χ4v) is 2.24. The number of nitrogens with one attached hydrogen (secondary N) is 1. The third-order valence-electron chi connectivity index (χ3n) is 3.37. The lowest BCUT2D eigenvalue weighted by Crippen LogP contribution is -2.41. The number of hydrogen-bond acceptors (Lipinski definition) is 1. The van der Waals surface area contributed by atoms with Crippen LogP contribution < -0.4 is 5.32 Å². The first-order chi connectivity index (χ1) is 7.15. The highest BCUT2D eigenvalue weighted by molar-refractivity contribution is 6.19. The first-order valence-corrected chi connectivity index (χ1v) is 6.55. The van der Waals surface area contributed by atoms with E-state index in [1.165, 1.54) is 25.7 Å². The highest BCUT2D eigenvalue weighted by Gasteiger charge is 2.23. The summed E-state index contributed by atoms with van der Waals surface area (Å²) < 4.78 is 0. The van der Waals surface area contributed by atoms with Gasteiger partial charge in [-0.15, -0.1) is 11.6 Å². The van der Waals surface area contributed by atoms with Crippen molar-refractivity contribution in [2.75, 3.05) is 5.88 Å². The monoisotopic (exact) mass is 231 g/mol. The van der Waals surface area contributed by atoms with E-state index in [2.05, 4.69) is 12.2 Å². The molecule has 0 aromatic carbocycles. The van der Waals surface area contributed by atoms with Crippen LogP contribution in [0.1, 0.15) is 46.0 Å². The topological polar surface area (TPSA) is 29.1 Å². The molecule has 3 heteroatoms. The van der Waals surface area contributed by atoms with E-state index in [-0.39, 0.29) is 11.8 Å². The van der Waals surface area contributed by atoms with Crippen LogP contribution in [0.2, 0.25) is 0 Å². The van der Waals surface area contributed by atoms with Gasteiger partial charge >= 0.3 is 0 Å². The molecule has 0 radical (unpaired) electrons. The van der Waals surface area contributed by atoms with Crippen molar-refractivity contribution in [3.63, 3.8) is 0 Å². The molecule has 0 spiro atoms. The fourth-order valence-electron chi connectivity index (χ4n) is 2.10. The molecule has 0 bridgehead atoms. The molecule has 0 aliphatic heterocycles. The van der Waals surface area contributed by atoms with Gasteiger partial charge in [0, 0.05) is 17.8 Å². The molecule has 1 N–H and O–H groups in total. The molecule has 88 valence electrons. The van der Waals surface area contributed by atoms with Gasteiger partial charge in [0.2, 0.25) is 5.91 Å². The van der Waals surface area contributed by atoms with Gasteiger partial charge in [-0.05, 0) is 18.8 Å². The maximum atomic E-state index is 11.7. The van der Waals surface area contributed by atoms with Crippen molar-refractivity contribution in [1.29, 1.82) is 0 Å². The fraction of sp³-hybridized carbons (Fsp3) is 0.917. The molecule has 15 heavy (non-hydrogen) atoms. The Hall–Kier alpha value is -0.240. The zero-order valence-electron chi connectivity index (χ0n) is 9.76. The van der Waals surface area contributed by atoms with Crippen LogP contribution in [-0.2, 0) is 4.79 Å². The Bertz CT molecular complexity index is 208. The average Bonchev–Trinajstić information content (AvgIpc) is 2.43. The van der Waals surface area contributed by atoms with Gasteiger partial charge in [-0.1, -0.05) is 33.1 Å². The maximum absolute atomic E-state index is 11.7. The van der Waals surface area contributed by atoms with Crippen LogP contribution >= 0.6 is 11.6 Å². The van der Waals surface area contributed by atoms with Gasteiger partial charge in [0.15, 0.2) is 0 Å². The van der Waals surface area contributed by atoms with E-state index in [0.29, 0.717) is 17.8 Å². The number of halogens is 1. The van der Waals surface area contributed by atoms with Gasteiger partial charge in [-0.2, -0.15) is 0 Å². The van der Waals surface area contributed by atoms with Crippen LogP contribution in [0.15, 0.2) is 0 Å². The van der Waals surface area contributed by atoms with Gasteiger partial charge in [0.1, 0.15) is 0 Å². The van der Waals surface area contributed by atoms with Crippen molar-refractivity contribution in [2.24, 2.45) is 11.8 Å². The third-order valence-corrected chi connectivity index (χ3v) is 3.83. The second kappa shape index (κ2) is 6.37. The summed E-state index contributed by atoms with van der Waals surface area (Å²) in [5.74, 6) is 1.07. The summed E-state index contributed by atoms with van der Waals surface area (Å²) >= 11 is 5.67. The maximum Gasteiger partial charge on any atom is 0.224 e. The van der Waals surface area contributed by atoms with Crippen LogP contribution in [-0.4, -0.2) is 17.8 Å². The second-order valence-electron chi connectivity index (χ2n) is 4.79. The Morgan fingerprint density at radius 3 is 2.73 bits per heavy atom. The van der Waals surface area contributed by atoms with Crippen LogP contribution in [0, 0.1) is 11.8 Å². The van der Waals surface area contributed by atoms with Crippen molar-refractivity contribution in [3.05, 3.63) is 0 Å². The van der Waals surface area contributed by atoms with Crippen LogP contribution in [0.3, 0.4) is 0 Å². The number of hydrogen-bond donors (Lipinski definition) is 1. The predicted octanol–water partition coefficient (Wildman–Crippen LogP) is 2.95. The number of carbonyl (C=O) groups is 1. The molecule has 2 nitrogen and oxygen atoms in total. The predicted molar refractivity (Wildman–Crippen MR) is 64.1 cm³/mol. The molecule has 1 rings (SSSR count). The van der Waals surface area contributed by atoms with E-state index in [0.717, 1.165) is 6.42 Å². The first-order valence-electron chi connectivity index (χ1n) is 6.01. The van der Waals surface area contributed by atoms with Crippen molar-refractivity contribution in [3.8, 4) is 0 Å². The molecule has 1 aliphatic rings. The summed E-state index contributed by atoms with van der Waals surface area (Å²) in [4.78, 5) is 11.7. The van der Waals surface area contributed by atoms with E-state index < -0.39 is 0 Å². The minimum atomic E-state index is -0.0675. The summed E-state index contributed by atoms with van der Waals surface area (Å²) in [6.45, 7) is 4.12. The minimum Gasteiger partial charge on any atom is -0.353 e. The Balaban J connectivity index is 2.44.